The van der Waals surface area contributed by atoms with Gasteiger partial charge in [0.1, 0.15) is 16.6 Å². The van der Waals surface area contributed by atoms with E-state index in [9.17, 15) is 0 Å². The molecule has 0 aliphatic heterocycles. The fourth-order valence-electron chi connectivity index (χ4n) is 3.27. The van der Waals surface area contributed by atoms with Crippen LogP contribution in [0, 0.1) is 6.92 Å². The number of hydrogen-bond donors (Lipinski definition) is 0. The lowest BCUT2D eigenvalue weighted by molar-refractivity contribution is 0.309. The quantitative estimate of drug-likeness (QED) is 0.114. The third-order valence-electron chi connectivity index (χ3n) is 5.00. The van der Waals surface area contributed by atoms with Gasteiger partial charge in [0.05, 0.1) is 17.3 Å². The molecule has 4 rings (SSSR count). The molecule has 2 aromatic carbocycles. The lowest BCUT2D eigenvalue weighted by Crippen LogP contribution is -2.07. The predicted molar refractivity (Wildman–Crippen MR) is 142 cm³/mol. The molecule has 0 amide bonds. The van der Waals surface area contributed by atoms with Crippen LogP contribution in [0.1, 0.15) is 23.5 Å². The topological polar surface area (TPSA) is 52.8 Å². The second kappa shape index (κ2) is 11.9. The van der Waals surface area contributed by atoms with E-state index in [-0.39, 0.29) is 0 Å². The summed E-state index contributed by atoms with van der Waals surface area (Å²) in [6.07, 6.45) is 3.38. The first-order valence-electron chi connectivity index (χ1n) is 10.8. The monoisotopic (exact) mass is 530 g/mol. The van der Waals surface area contributed by atoms with E-state index in [1.807, 2.05) is 6.08 Å². The van der Waals surface area contributed by atoms with Gasteiger partial charge in [-0.2, -0.15) is 0 Å². The average molecular weight is 532 g/mol. The number of thiazole rings is 1. The van der Waals surface area contributed by atoms with Gasteiger partial charge < -0.3 is 9.30 Å². The van der Waals surface area contributed by atoms with Gasteiger partial charge in [-0.15, -0.1) is 28.1 Å². The van der Waals surface area contributed by atoms with Crippen LogP contribution in [-0.2, 0) is 18.7 Å². The van der Waals surface area contributed by atoms with Gasteiger partial charge in [0.25, 0.3) is 0 Å². The maximum atomic E-state index is 6.17. The van der Waals surface area contributed by atoms with Crippen molar-refractivity contribution < 1.29 is 4.74 Å². The minimum atomic E-state index is 0.508. The molecule has 0 aliphatic rings. The predicted octanol–water partition coefficient (Wildman–Crippen LogP) is 7.51. The Balaban J connectivity index is 1.33. The fourth-order valence-corrected chi connectivity index (χ4v) is 5.52. The molecule has 2 aromatic heterocycles. The summed E-state index contributed by atoms with van der Waals surface area (Å²) in [5.74, 6) is 2.27. The highest BCUT2D eigenvalue weighted by molar-refractivity contribution is 7.98. The Kier molecular flexibility index (Phi) is 8.67. The summed E-state index contributed by atoms with van der Waals surface area (Å²) in [5, 5.41) is 13.9. The van der Waals surface area contributed by atoms with Gasteiger partial charge in [0.2, 0.25) is 0 Å². The van der Waals surface area contributed by atoms with Gasteiger partial charge in [0.15, 0.2) is 5.16 Å². The zero-order chi connectivity index (χ0) is 23.9. The van der Waals surface area contributed by atoms with Crippen molar-refractivity contribution in [2.45, 2.75) is 37.2 Å². The van der Waals surface area contributed by atoms with Crippen LogP contribution >= 0.6 is 46.3 Å². The highest BCUT2D eigenvalue weighted by Gasteiger charge is 2.13. The first-order valence-corrected chi connectivity index (χ1v) is 13.4. The van der Waals surface area contributed by atoms with Crippen LogP contribution in [0.5, 0.6) is 5.75 Å². The van der Waals surface area contributed by atoms with Crippen molar-refractivity contribution in [2.24, 2.45) is 0 Å². The molecule has 0 atom stereocenters. The summed E-state index contributed by atoms with van der Waals surface area (Å²) < 4.78 is 7.89. The molecule has 2 heterocycles. The van der Waals surface area contributed by atoms with E-state index in [1.165, 1.54) is 5.56 Å². The standard InChI is InChI=1S/C25H24Cl2N4OS2/c1-3-12-31-23(5-4-13-32-22-11-10-19(26)14-21(22)27)29-30-25(31)34-16-20-15-33-24(28-20)18-8-6-17(2)7-9-18/h3,6-11,14-15H,1,4-5,12-13,16H2,2H3. The highest BCUT2D eigenvalue weighted by atomic mass is 35.5. The number of aryl methyl sites for hydroxylation is 2. The van der Waals surface area contributed by atoms with Crippen LogP contribution in [0.2, 0.25) is 10.0 Å². The number of ether oxygens (including phenoxy) is 1. The fraction of sp³-hybridized carbons (Fsp3) is 0.240. The molecular weight excluding hydrogens is 507 g/mol. The molecule has 176 valence electrons. The van der Waals surface area contributed by atoms with E-state index in [2.05, 4.69) is 57.9 Å². The molecule has 0 N–H and O–H groups in total. The SMILES string of the molecule is C=CCn1c(CCCOc2ccc(Cl)cc2Cl)nnc1SCc1csc(-c2ccc(C)cc2)n1. The van der Waals surface area contributed by atoms with E-state index >= 15 is 0 Å². The molecular formula is C25H24Cl2N4OS2. The van der Waals surface area contributed by atoms with Gasteiger partial charge in [0, 0.05) is 34.7 Å². The number of thioether (sulfide) groups is 1. The van der Waals surface area contributed by atoms with Crippen LogP contribution in [0.15, 0.2) is 65.7 Å². The highest BCUT2D eigenvalue weighted by Crippen LogP contribution is 2.29. The Morgan fingerprint density at radius 3 is 2.74 bits per heavy atom. The molecule has 5 nitrogen and oxygen atoms in total. The van der Waals surface area contributed by atoms with Crippen molar-refractivity contribution in [3.8, 4) is 16.3 Å². The smallest absolute Gasteiger partial charge is 0.191 e. The summed E-state index contributed by atoms with van der Waals surface area (Å²) in [5.41, 5.74) is 3.42. The number of rotatable bonds is 11. The van der Waals surface area contributed by atoms with Gasteiger partial charge >= 0.3 is 0 Å². The van der Waals surface area contributed by atoms with Crippen LogP contribution in [0.4, 0.5) is 0 Å². The number of nitrogens with zero attached hydrogens (tertiary/aromatic N) is 4. The molecule has 9 heteroatoms. The van der Waals surface area contributed by atoms with Crippen molar-refractivity contribution >= 4 is 46.3 Å². The Hall–Kier alpha value is -2.32. The van der Waals surface area contributed by atoms with Crippen molar-refractivity contribution in [2.75, 3.05) is 6.61 Å². The summed E-state index contributed by atoms with van der Waals surface area (Å²) in [4.78, 5) is 4.79. The number of benzene rings is 2. The average Bonchev–Trinajstić information content (AvgIpc) is 3.45. The maximum Gasteiger partial charge on any atom is 0.191 e. The van der Waals surface area contributed by atoms with E-state index in [0.717, 1.165) is 45.8 Å². The van der Waals surface area contributed by atoms with Crippen molar-refractivity contribution in [3.63, 3.8) is 0 Å². The third-order valence-corrected chi connectivity index (χ3v) is 7.47. The molecule has 0 spiro atoms. The van der Waals surface area contributed by atoms with Gasteiger partial charge in [-0.1, -0.05) is 70.9 Å². The summed E-state index contributed by atoms with van der Waals surface area (Å²) in [6, 6.07) is 13.7. The zero-order valence-electron chi connectivity index (χ0n) is 18.7. The van der Waals surface area contributed by atoms with Crippen molar-refractivity contribution in [3.05, 3.63) is 87.6 Å². The van der Waals surface area contributed by atoms with E-state index in [0.29, 0.717) is 28.9 Å². The lowest BCUT2D eigenvalue weighted by atomic mass is 10.2. The first kappa shape index (κ1) is 24.8. The van der Waals surface area contributed by atoms with Crippen LogP contribution < -0.4 is 4.74 Å². The minimum Gasteiger partial charge on any atom is -0.492 e. The Bertz CT molecular complexity index is 1250. The van der Waals surface area contributed by atoms with Gasteiger partial charge in [-0.05, 0) is 31.5 Å². The van der Waals surface area contributed by atoms with Crippen LogP contribution in [-0.4, -0.2) is 26.4 Å². The van der Waals surface area contributed by atoms with Gasteiger partial charge in [-0.3, -0.25) is 0 Å². The molecule has 0 bridgehead atoms. The van der Waals surface area contributed by atoms with Crippen LogP contribution in [0.3, 0.4) is 0 Å². The Labute approximate surface area is 217 Å². The molecule has 4 aromatic rings. The number of halogens is 2. The molecule has 0 saturated carbocycles. The van der Waals surface area contributed by atoms with E-state index in [1.54, 1.807) is 41.3 Å². The second-order valence-electron chi connectivity index (χ2n) is 7.62. The Morgan fingerprint density at radius 2 is 1.97 bits per heavy atom. The largest absolute Gasteiger partial charge is 0.492 e. The zero-order valence-corrected chi connectivity index (χ0v) is 21.9. The molecule has 0 fully saturated rings. The second-order valence-corrected chi connectivity index (χ2v) is 10.3. The van der Waals surface area contributed by atoms with Crippen molar-refractivity contribution in [1.82, 2.24) is 19.7 Å². The number of aromatic nitrogens is 4. The Morgan fingerprint density at radius 1 is 1.15 bits per heavy atom. The van der Waals surface area contributed by atoms with Crippen molar-refractivity contribution in [1.29, 1.82) is 0 Å². The normalized spacial score (nSPS) is 11.0. The van der Waals surface area contributed by atoms with Crippen LogP contribution in [0.25, 0.3) is 10.6 Å². The molecule has 0 saturated heterocycles. The first-order chi connectivity index (χ1) is 16.5. The number of allylic oxidation sites excluding steroid dienone is 1. The molecule has 34 heavy (non-hydrogen) atoms. The summed E-state index contributed by atoms with van der Waals surface area (Å²) in [7, 11) is 0. The van der Waals surface area contributed by atoms with Gasteiger partial charge in [-0.25, -0.2) is 4.98 Å². The van der Waals surface area contributed by atoms with E-state index < -0.39 is 0 Å². The summed E-state index contributed by atoms with van der Waals surface area (Å²) in [6.45, 7) is 7.14. The third kappa shape index (κ3) is 6.42. The molecule has 0 aliphatic carbocycles. The molecule has 0 unspecified atom stereocenters. The number of hydrogen-bond acceptors (Lipinski definition) is 6. The minimum absolute atomic E-state index is 0.508. The molecule has 0 radical (unpaired) electrons. The van der Waals surface area contributed by atoms with E-state index in [4.69, 9.17) is 32.9 Å². The summed E-state index contributed by atoms with van der Waals surface area (Å²) >= 11 is 15.4. The maximum absolute atomic E-state index is 6.17. The lowest BCUT2D eigenvalue weighted by Gasteiger charge is -2.09.